The Hall–Kier alpha value is -7.82. The maximum absolute atomic E-state index is 13.1. The number of aromatic nitrogens is 3. The Morgan fingerprint density at radius 3 is 1.64 bits per heavy atom. The fourth-order valence-corrected chi connectivity index (χ4v) is 9.09. The van der Waals surface area contributed by atoms with Gasteiger partial charge < -0.3 is 5.11 Å². The van der Waals surface area contributed by atoms with Crippen LogP contribution in [-0.4, -0.2) is 19.6 Å². The van der Waals surface area contributed by atoms with Gasteiger partial charge in [-0.3, -0.25) is 9.55 Å². The van der Waals surface area contributed by atoms with Crippen molar-refractivity contribution in [2.45, 2.75) is 78.1 Å². The molecule has 0 aliphatic heterocycles. The number of rotatable bonds is 8. The summed E-state index contributed by atoms with van der Waals surface area (Å²) in [5, 5.41) is 13.1. The maximum Gasteiger partial charge on any atom is 0.149 e. The molecular formula is C66H61N3O. The zero-order chi connectivity index (χ0) is 64.0. The number of hydrogen-bond acceptors (Lipinski definition) is 3. The third-order valence-electron chi connectivity index (χ3n) is 12.8. The summed E-state index contributed by atoms with van der Waals surface area (Å²) in [6.07, 6.45) is 1.72. The average Bonchev–Trinajstić information content (AvgIpc) is 0.791. The predicted octanol–water partition coefficient (Wildman–Crippen LogP) is 17.7. The van der Waals surface area contributed by atoms with Gasteiger partial charge in [-0.05, 0) is 126 Å². The zero-order valence-corrected chi connectivity index (χ0v) is 38.8. The Labute approximate surface area is 439 Å². The van der Waals surface area contributed by atoms with Crippen LogP contribution in [0.4, 0.5) is 0 Å². The largest absolute Gasteiger partial charge is 0.507 e. The molecule has 0 aliphatic rings. The standard InChI is InChI=1S/C66H61N3O/c1-64(2,3)52-32-33-59(55(40-52)47-24-17-12-18-25-47)69-60-27-19-26-54(61(60)68-63(69)56-41-53(65(4,5)6)42-57(62(56)70)66(7,8)9)50-36-49(44-22-15-11-16-23-44)37-51(38-50)58-39-48(34-35-67-58)46-30-28-45(29-31-46)43-20-13-10-14-21-43/h10-42,70H,1-9H3/i4D3,5D3,6D3,7D3,8D3,9D3. The van der Waals surface area contributed by atoms with E-state index in [0.717, 1.165) is 45.0 Å². The number of phenols is 1. The summed E-state index contributed by atoms with van der Waals surface area (Å²) >= 11 is 0. The number of nitrogens with zero attached hydrogens (tertiary/aromatic N) is 3. The second-order valence-corrected chi connectivity index (χ2v) is 18.8. The van der Waals surface area contributed by atoms with E-state index in [4.69, 9.17) is 34.6 Å². The molecule has 4 nitrogen and oxygen atoms in total. The Morgan fingerprint density at radius 1 is 0.429 bits per heavy atom. The SMILES string of the molecule is [2H]C([2H])([2H])C(c1cc(-c2nc3c(-c4cc(-c5ccccc5)cc(-c5cc(-c6ccc(-c7ccccc7)cc6)ccn5)c4)cccc3n2-c2ccc(C(C)(C)C)cc2-c2ccccc2)c(O)c(C(C([2H])([2H])[2H])(C([2H])([2H])[2H])C([2H])([2H])[2H])c1)(C([2H])([2H])[2H])C([2H])([2H])[2H]. The number of benzene rings is 8. The van der Waals surface area contributed by atoms with E-state index in [-0.39, 0.29) is 11.0 Å². The van der Waals surface area contributed by atoms with Crippen LogP contribution in [-0.2, 0) is 16.2 Å². The number of imidazole rings is 1. The topological polar surface area (TPSA) is 50.9 Å². The quantitative estimate of drug-likeness (QED) is 0.165. The summed E-state index contributed by atoms with van der Waals surface area (Å²) < 4.78 is 161. The number of fused-ring (bicyclic) bond motifs is 1. The summed E-state index contributed by atoms with van der Waals surface area (Å²) in [7, 11) is 0. The lowest BCUT2D eigenvalue weighted by atomic mass is 9.79. The molecule has 0 amide bonds. The first-order valence-corrected chi connectivity index (χ1v) is 22.9. The van der Waals surface area contributed by atoms with Crippen molar-refractivity contribution >= 4 is 11.0 Å². The summed E-state index contributed by atoms with van der Waals surface area (Å²) in [5.41, 5.74) is -1.46. The van der Waals surface area contributed by atoms with Gasteiger partial charge in [0.2, 0.25) is 0 Å². The van der Waals surface area contributed by atoms with Gasteiger partial charge in [0.1, 0.15) is 11.6 Å². The molecule has 2 aromatic heterocycles. The number of pyridine rings is 1. The van der Waals surface area contributed by atoms with E-state index in [9.17, 15) is 5.11 Å². The van der Waals surface area contributed by atoms with Crippen LogP contribution in [0.1, 0.15) is 103 Å². The summed E-state index contributed by atoms with van der Waals surface area (Å²) in [5.74, 6) is -1.77. The van der Waals surface area contributed by atoms with Crippen LogP contribution >= 0.6 is 0 Å². The van der Waals surface area contributed by atoms with E-state index in [1.165, 1.54) is 4.57 Å². The molecule has 0 saturated carbocycles. The molecule has 10 aromatic rings. The molecule has 1 N–H and O–H groups in total. The number of para-hydroxylation sites is 1. The molecule has 0 fully saturated rings. The molecule has 0 unspecified atom stereocenters. The molecule has 0 bridgehead atoms. The molecule has 10 rings (SSSR count). The van der Waals surface area contributed by atoms with Crippen molar-refractivity contribution in [3.8, 4) is 89.7 Å². The lowest BCUT2D eigenvalue weighted by Gasteiger charge is -2.28. The van der Waals surface area contributed by atoms with E-state index >= 15 is 0 Å². The van der Waals surface area contributed by atoms with E-state index in [1.54, 1.807) is 30.5 Å². The van der Waals surface area contributed by atoms with Gasteiger partial charge in [0, 0.05) is 53.1 Å². The lowest BCUT2D eigenvalue weighted by molar-refractivity contribution is 0.446. The molecule has 346 valence electrons. The van der Waals surface area contributed by atoms with Gasteiger partial charge >= 0.3 is 0 Å². The van der Waals surface area contributed by atoms with Crippen molar-refractivity contribution in [2.75, 3.05) is 0 Å². The van der Waals surface area contributed by atoms with Crippen LogP contribution in [0, 0.1) is 0 Å². The Bertz CT molecular complexity index is 4140. The van der Waals surface area contributed by atoms with Gasteiger partial charge in [0.25, 0.3) is 0 Å². The van der Waals surface area contributed by atoms with Crippen LogP contribution in [0.3, 0.4) is 0 Å². The van der Waals surface area contributed by atoms with E-state index in [0.29, 0.717) is 45.3 Å². The molecule has 0 aliphatic carbocycles. The van der Waals surface area contributed by atoms with Gasteiger partial charge in [-0.15, -0.1) is 0 Å². The first-order valence-electron chi connectivity index (χ1n) is 31.9. The molecular weight excluding hydrogens is 851 g/mol. The van der Waals surface area contributed by atoms with Gasteiger partial charge in [0.15, 0.2) is 0 Å². The second-order valence-electron chi connectivity index (χ2n) is 18.8. The minimum absolute atomic E-state index is 0.168. The van der Waals surface area contributed by atoms with Gasteiger partial charge in [0.05, 0.1) is 28.0 Å². The monoisotopic (exact) mass is 930 g/mol. The summed E-state index contributed by atoms with van der Waals surface area (Å²) in [6, 6.07) is 58.5. The van der Waals surface area contributed by atoms with E-state index in [1.807, 2.05) is 166 Å². The van der Waals surface area contributed by atoms with Crippen LogP contribution in [0.2, 0.25) is 0 Å². The molecule has 0 radical (unpaired) electrons. The summed E-state index contributed by atoms with van der Waals surface area (Å²) in [4.78, 5) is 10.1. The molecule has 4 heteroatoms. The highest BCUT2D eigenvalue weighted by molar-refractivity contribution is 5.98. The molecule has 0 saturated heterocycles. The van der Waals surface area contributed by atoms with Crippen molar-refractivity contribution in [3.05, 3.63) is 217 Å². The predicted molar refractivity (Wildman–Crippen MR) is 295 cm³/mol. The van der Waals surface area contributed by atoms with Crippen molar-refractivity contribution in [1.82, 2.24) is 14.5 Å². The highest BCUT2D eigenvalue weighted by Crippen LogP contribution is 2.46. The first kappa shape index (κ1) is 29.3. The molecule has 0 atom stereocenters. The van der Waals surface area contributed by atoms with E-state index in [2.05, 4.69) is 12.1 Å². The minimum atomic E-state index is -4.15. The Morgan fingerprint density at radius 2 is 1.00 bits per heavy atom. The summed E-state index contributed by atoms with van der Waals surface area (Å²) in [6.45, 7) is -18.6. The molecule has 0 spiro atoms. The first-order chi connectivity index (χ1) is 41.0. The van der Waals surface area contributed by atoms with Gasteiger partial charge in [-0.2, -0.15) is 0 Å². The lowest BCUT2D eigenvalue weighted by Crippen LogP contribution is -2.17. The zero-order valence-electron chi connectivity index (χ0n) is 56.8. The fraction of sp³-hybridized carbons (Fsp3) is 0.182. The van der Waals surface area contributed by atoms with Crippen molar-refractivity contribution in [3.63, 3.8) is 0 Å². The fourth-order valence-electron chi connectivity index (χ4n) is 9.09. The average molecular weight is 930 g/mol. The third kappa shape index (κ3) is 8.98. The van der Waals surface area contributed by atoms with Crippen LogP contribution in [0.15, 0.2) is 200 Å². The maximum atomic E-state index is 13.1. The second kappa shape index (κ2) is 17.9. The van der Waals surface area contributed by atoms with Crippen LogP contribution < -0.4 is 0 Å². The Balaban J connectivity index is 1.35. The van der Waals surface area contributed by atoms with Crippen molar-refractivity contribution < 1.29 is 29.8 Å². The number of aromatic hydroxyl groups is 1. The number of hydrogen-bond donors (Lipinski definition) is 1. The highest BCUT2D eigenvalue weighted by atomic mass is 16.3. The Kier molecular flexibility index (Phi) is 7.49. The molecule has 2 heterocycles. The van der Waals surface area contributed by atoms with Crippen LogP contribution in [0.25, 0.3) is 95.0 Å². The normalized spacial score (nSPS) is 17.0. The van der Waals surface area contributed by atoms with E-state index < -0.39 is 85.6 Å². The minimum Gasteiger partial charge on any atom is -0.507 e. The smallest absolute Gasteiger partial charge is 0.149 e. The third-order valence-corrected chi connectivity index (χ3v) is 12.8. The van der Waals surface area contributed by atoms with Crippen molar-refractivity contribution in [1.29, 1.82) is 0 Å². The van der Waals surface area contributed by atoms with Gasteiger partial charge in [-0.25, -0.2) is 4.98 Å². The van der Waals surface area contributed by atoms with Crippen LogP contribution in [0.5, 0.6) is 5.75 Å². The van der Waals surface area contributed by atoms with Crippen molar-refractivity contribution in [2.24, 2.45) is 0 Å². The number of phenolic OH excluding ortho intramolecular Hbond substituents is 1. The highest BCUT2D eigenvalue weighted by Gasteiger charge is 2.30. The molecule has 8 aromatic carbocycles. The van der Waals surface area contributed by atoms with Gasteiger partial charge in [-0.1, -0.05) is 201 Å². The molecule has 70 heavy (non-hydrogen) atoms.